The van der Waals surface area contributed by atoms with Gasteiger partial charge in [-0.2, -0.15) is 21.9 Å². The Labute approximate surface area is 137 Å². The van der Waals surface area contributed by atoms with E-state index in [2.05, 4.69) is 0 Å². The summed E-state index contributed by atoms with van der Waals surface area (Å²) in [6, 6.07) is 0. The number of hydroxylamine groups is 2. The van der Waals surface area contributed by atoms with Crippen LogP contribution in [0.15, 0.2) is 0 Å². The van der Waals surface area contributed by atoms with Gasteiger partial charge in [0.1, 0.15) is 13.1 Å². The Morgan fingerprint density at radius 2 is 1.17 bits per heavy atom. The number of carboxylic acids is 2. The van der Waals surface area contributed by atoms with E-state index in [0.29, 0.717) is 5.01 Å². The zero-order valence-corrected chi connectivity index (χ0v) is 14.2. The van der Waals surface area contributed by atoms with Gasteiger partial charge in [-0.15, -0.1) is 0 Å². The lowest BCUT2D eigenvalue weighted by atomic mass is 10.5. The highest BCUT2D eigenvalue weighted by Crippen LogP contribution is 2.10. The molecule has 0 rings (SSSR count). The fourth-order valence-electron chi connectivity index (χ4n) is 0.972. The molecule has 0 spiro atoms. The summed E-state index contributed by atoms with van der Waals surface area (Å²) in [4.78, 5) is 19.8. The first-order chi connectivity index (χ1) is 10.5. The fourth-order valence-corrected chi connectivity index (χ4v) is 1.96. The minimum atomic E-state index is -4.61. The Kier molecular flexibility index (Phi) is 10.1. The fraction of sp³-hybridized carbons (Fsp3) is 0.750. The Morgan fingerprint density at radius 1 is 0.917 bits per heavy atom. The van der Waals surface area contributed by atoms with E-state index in [1.165, 1.54) is 0 Å². The number of nitrogens with zero attached hydrogens (tertiary/aromatic N) is 2. The summed E-state index contributed by atoms with van der Waals surface area (Å²) in [6.07, 6.45) is 0. The highest BCUT2D eigenvalue weighted by molar-refractivity contribution is 7.87. The molecule has 0 aliphatic carbocycles. The monoisotopic (exact) mass is 397 g/mol. The molecule has 0 amide bonds. The van der Waals surface area contributed by atoms with Gasteiger partial charge in [0.2, 0.25) is 0 Å². The molecule has 0 fully saturated rings. The van der Waals surface area contributed by atoms with Crippen molar-refractivity contribution in [2.24, 2.45) is 5.84 Å². The average Bonchev–Trinajstić information content (AvgIpc) is 2.32. The van der Waals surface area contributed by atoms with Crippen molar-refractivity contribution in [2.75, 3.05) is 13.1 Å². The molecule has 0 heterocycles. The topological polar surface area (TPSA) is 236 Å². The maximum absolute atomic E-state index is 10.5. The van der Waals surface area contributed by atoms with Crippen LogP contribution >= 0.6 is 0 Å². The Hall–Kier alpha value is -1.40. The van der Waals surface area contributed by atoms with Crippen molar-refractivity contribution in [3.63, 3.8) is 0 Å². The molecule has 144 valence electrons. The van der Waals surface area contributed by atoms with E-state index < -0.39 is 56.0 Å². The third-order valence-electron chi connectivity index (χ3n) is 2.28. The maximum Gasteiger partial charge on any atom is 0.319 e. The van der Waals surface area contributed by atoms with Crippen molar-refractivity contribution in [1.29, 1.82) is 0 Å². The molecule has 0 bridgehead atoms. The molecule has 0 aliphatic rings. The molecule has 2 unspecified atom stereocenters. The van der Waals surface area contributed by atoms with Crippen LogP contribution in [0.1, 0.15) is 13.8 Å². The molecule has 24 heavy (non-hydrogen) atoms. The number of carbonyl (C=O) groups is 2. The Balaban J connectivity index is 0. The molecule has 0 aromatic rings. The molecule has 7 N–H and O–H groups in total. The molecule has 0 aliphatic heterocycles. The average molecular weight is 397 g/mol. The lowest BCUT2D eigenvalue weighted by Crippen LogP contribution is -2.45. The zero-order chi connectivity index (χ0) is 19.9. The molecule has 14 nitrogen and oxygen atoms in total. The van der Waals surface area contributed by atoms with E-state index in [1.54, 1.807) is 0 Å². The molecule has 0 radical (unpaired) electrons. The lowest BCUT2D eigenvalue weighted by molar-refractivity contribution is -0.141. The third kappa shape index (κ3) is 11.2. The van der Waals surface area contributed by atoms with Crippen LogP contribution in [0, 0.1) is 0 Å². The van der Waals surface area contributed by atoms with Gasteiger partial charge in [-0.25, -0.2) is 5.01 Å². The molecule has 0 aromatic carbocycles. The van der Waals surface area contributed by atoms with Gasteiger partial charge < -0.3 is 15.4 Å². The first-order valence-electron chi connectivity index (χ1n) is 5.83. The van der Waals surface area contributed by atoms with Crippen molar-refractivity contribution in [3.8, 4) is 0 Å². The Bertz CT molecular complexity index is 578. The summed E-state index contributed by atoms with van der Waals surface area (Å²) < 4.78 is 58.9. The third-order valence-corrected chi connectivity index (χ3v) is 4.44. The van der Waals surface area contributed by atoms with Crippen molar-refractivity contribution in [1.82, 2.24) is 10.1 Å². The van der Waals surface area contributed by atoms with Crippen molar-refractivity contribution in [2.45, 2.75) is 24.6 Å². The molecule has 0 saturated heterocycles. The molecule has 0 aromatic heterocycles. The summed E-state index contributed by atoms with van der Waals surface area (Å²) in [5.41, 5.74) is 0. The zero-order valence-electron chi connectivity index (χ0n) is 12.5. The Morgan fingerprint density at radius 3 is 1.33 bits per heavy atom. The van der Waals surface area contributed by atoms with E-state index in [9.17, 15) is 26.4 Å². The summed E-state index contributed by atoms with van der Waals surface area (Å²) in [5, 5.41) is 22.0. The van der Waals surface area contributed by atoms with Crippen LogP contribution < -0.4 is 5.84 Å². The SMILES string of the molecule is CC(N(O)C(C)S(=O)(=O)O)S(=O)(=O)O.NN(CC(=O)O)CC(=O)O. The van der Waals surface area contributed by atoms with Crippen LogP contribution in [0.3, 0.4) is 0 Å². The predicted molar refractivity (Wildman–Crippen MR) is 76.7 cm³/mol. The minimum Gasteiger partial charge on any atom is -0.480 e. The van der Waals surface area contributed by atoms with Crippen LogP contribution in [0.4, 0.5) is 0 Å². The normalized spacial score (nSPS) is 14.7. The molecular formula is C8H19N3O11S2. The largest absolute Gasteiger partial charge is 0.480 e. The minimum absolute atomic E-state index is 0.176. The number of hydrogen-bond donors (Lipinski definition) is 6. The second-order valence-corrected chi connectivity index (χ2v) is 7.73. The van der Waals surface area contributed by atoms with Gasteiger partial charge in [-0.05, 0) is 13.8 Å². The van der Waals surface area contributed by atoms with Gasteiger partial charge in [0.25, 0.3) is 20.2 Å². The summed E-state index contributed by atoms with van der Waals surface area (Å²) >= 11 is 0. The second-order valence-electron chi connectivity index (χ2n) is 4.30. The van der Waals surface area contributed by atoms with E-state index in [4.69, 9.17) is 30.4 Å². The maximum atomic E-state index is 10.5. The van der Waals surface area contributed by atoms with Crippen LogP contribution in [0.5, 0.6) is 0 Å². The number of hydrogen-bond acceptors (Lipinski definition) is 10. The lowest BCUT2D eigenvalue weighted by Gasteiger charge is -2.23. The van der Waals surface area contributed by atoms with Gasteiger partial charge >= 0.3 is 11.9 Å². The smallest absolute Gasteiger partial charge is 0.319 e. The first-order valence-corrected chi connectivity index (χ1v) is 8.83. The van der Waals surface area contributed by atoms with Crippen molar-refractivity contribution < 1.29 is 51.0 Å². The van der Waals surface area contributed by atoms with Crippen molar-refractivity contribution in [3.05, 3.63) is 0 Å². The number of aliphatic carboxylic acids is 2. The summed E-state index contributed by atoms with van der Waals surface area (Å²) in [7, 11) is -9.21. The van der Waals surface area contributed by atoms with E-state index in [0.717, 1.165) is 13.8 Å². The second kappa shape index (κ2) is 9.79. The van der Waals surface area contributed by atoms with Gasteiger partial charge in [-0.3, -0.25) is 24.5 Å². The predicted octanol–water partition coefficient (Wildman–Crippen LogP) is -2.52. The molecular weight excluding hydrogens is 378 g/mol. The van der Waals surface area contributed by atoms with E-state index in [1.807, 2.05) is 0 Å². The highest BCUT2D eigenvalue weighted by Gasteiger charge is 2.33. The van der Waals surface area contributed by atoms with Gasteiger partial charge in [0.15, 0.2) is 10.7 Å². The number of hydrazine groups is 1. The van der Waals surface area contributed by atoms with Crippen LogP contribution in [-0.2, 0) is 29.8 Å². The standard InChI is InChI=1S/C4H8N2O4.C4H11NO7S2/c5-6(1-3(7)8)2-4(9)10;1-3(13(7,8)9)5(6)4(2)14(10,11)12/h1-2,5H2,(H,7,8)(H,9,10);3-4,6H,1-2H3,(H,7,8,9)(H,10,11,12). The number of nitrogens with two attached hydrogens (primary N) is 1. The number of rotatable bonds is 8. The van der Waals surface area contributed by atoms with Crippen LogP contribution in [-0.4, -0.2) is 87.2 Å². The van der Waals surface area contributed by atoms with E-state index in [-0.39, 0.29) is 5.06 Å². The van der Waals surface area contributed by atoms with Gasteiger partial charge in [0, 0.05) is 0 Å². The van der Waals surface area contributed by atoms with Gasteiger partial charge in [-0.1, -0.05) is 0 Å². The van der Waals surface area contributed by atoms with Crippen LogP contribution in [0.25, 0.3) is 0 Å². The van der Waals surface area contributed by atoms with Crippen LogP contribution in [0.2, 0.25) is 0 Å². The number of carboxylic acid groups (broad SMARTS) is 2. The quantitative estimate of drug-likeness (QED) is 0.141. The molecule has 16 heteroatoms. The van der Waals surface area contributed by atoms with E-state index >= 15 is 0 Å². The highest BCUT2D eigenvalue weighted by atomic mass is 32.2. The summed E-state index contributed by atoms with van der Waals surface area (Å²) in [6.45, 7) is 0.784. The molecule has 2 atom stereocenters. The first kappa shape index (κ1) is 24.8. The summed E-state index contributed by atoms with van der Waals surface area (Å²) in [5.74, 6) is 2.65. The molecule has 0 saturated carbocycles. The van der Waals surface area contributed by atoms with Crippen molar-refractivity contribution >= 4 is 32.2 Å². The van der Waals surface area contributed by atoms with Gasteiger partial charge in [0.05, 0.1) is 0 Å².